The SMILES string of the molecule is CCN(c1ccc(OC)cc1)S(=O)(=O)c1ccc2c(c1)N(Cc1noc(C3CCC3)n1)C(=O)CO2. The van der Waals surface area contributed by atoms with Crippen LogP contribution in [0.3, 0.4) is 0 Å². The van der Waals surface area contributed by atoms with Crippen LogP contribution in [0.5, 0.6) is 11.5 Å². The number of benzene rings is 2. The van der Waals surface area contributed by atoms with Gasteiger partial charge in [0.25, 0.3) is 15.9 Å². The third-order valence-electron chi connectivity index (χ3n) is 6.35. The van der Waals surface area contributed by atoms with Gasteiger partial charge in [0.1, 0.15) is 11.5 Å². The number of hydrogen-bond acceptors (Lipinski definition) is 8. The molecule has 1 aliphatic carbocycles. The number of anilines is 2. The van der Waals surface area contributed by atoms with Gasteiger partial charge < -0.3 is 14.0 Å². The maximum Gasteiger partial charge on any atom is 0.265 e. The second kappa shape index (κ2) is 9.21. The Morgan fingerprint density at radius 1 is 1.17 bits per heavy atom. The molecule has 0 atom stereocenters. The maximum absolute atomic E-state index is 13.6. The van der Waals surface area contributed by atoms with Gasteiger partial charge in [-0.3, -0.25) is 14.0 Å². The Balaban J connectivity index is 1.46. The zero-order valence-corrected chi connectivity index (χ0v) is 20.3. The van der Waals surface area contributed by atoms with Crippen LogP contribution in [-0.4, -0.2) is 44.7 Å². The number of ether oxygens (including phenoxy) is 2. The molecule has 1 saturated carbocycles. The van der Waals surface area contributed by atoms with Crippen LogP contribution in [0.4, 0.5) is 11.4 Å². The van der Waals surface area contributed by atoms with Crippen molar-refractivity contribution in [2.45, 2.75) is 43.5 Å². The van der Waals surface area contributed by atoms with Crippen LogP contribution < -0.4 is 18.7 Å². The number of carbonyl (C=O) groups excluding carboxylic acids is 1. The van der Waals surface area contributed by atoms with E-state index in [1.165, 1.54) is 21.3 Å². The van der Waals surface area contributed by atoms with Crippen LogP contribution in [0.25, 0.3) is 0 Å². The molecule has 2 aliphatic rings. The Labute approximate surface area is 203 Å². The Kier molecular flexibility index (Phi) is 6.10. The Morgan fingerprint density at radius 3 is 2.60 bits per heavy atom. The molecule has 1 aliphatic heterocycles. The molecule has 10 nitrogen and oxygen atoms in total. The van der Waals surface area contributed by atoms with Crippen molar-refractivity contribution in [3.63, 3.8) is 0 Å². The highest BCUT2D eigenvalue weighted by Gasteiger charge is 2.32. The predicted octanol–water partition coefficient (Wildman–Crippen LogP) is 3.49. The van der Waals surface area contributed by atoms with E-state index in [1.807, 2.05) is 0 Å². The molecule has 35 heavy (non-hydrogen) atoms. The summed E-state index contributed by atoms with van der Waals surface area (Å²) in [5, 5.41) is 4.03. The van der Waals surface area contributed by atoms with E-state index in [0.717, 1.165) is 19.3 Å². The number of fused-ring (bicyclic) bond motifs is 1. The van der Waals surface area contributed by atoms with E-state index >= 15 is 0 Å². The lowest BCUT2D eigenvalue weighted by molar-refractivity contribution is -0.121. The normalized spacial score (nSPS) is 15.8. The van der Waals surface area contributed by atoms with Gasteiger partial charge in [0.15, 0.2) is 12.4 Å². The summed E-state index contributed by atoms with van der Waals surface area (Å²) >= 11 is 0. The van der Waals surface area contributed by atoms with Crippen LogP contribution in [0.2, 0.25) is 0 Å². The van der Waals surface area contributed by atoms with E-state index in [4.69, 9.17) is 14.0 Å². The summed E-state index contributed by atoms with van der Waals surface area (Å²) in [5.74, 6) is 1.96. The molecule has 0 unspecified atom stereocenters. The first-order valence-corrected chi connectivity index (χ1v) is 12.9. The minimum atomic E-state index is -3.92. The molecule has 0 N–H and O–H groups in total. The minimum Gasteiger partial charge on any atom is -0.497 e. The maximum atomic E-state index is 13.6. The summed E-state index contributed by atoms with van der Waals surface area (Å²) in [4.78, 5) is 18.7. The average Bonchev–Trinajstić information content (AvgIpc) is 3.28. The van der Waals surface area contributed by atoms with E-state index < -0.39 is 10.0 Å². The van der Waals surface area contributed by atoms with Crippen molar-refractivity contribution in [2.75, 3.05) is 29.5 Å². The number of aromatic nitrogens is 2. The van der Waals surface area contributed by atoms with Gasteiger partial charge in [-0.05, 0) is 62.2 Å². The van der Waals surface area contributed by atoms with Crippen LogP contribution in [0.15, 0.2) is 51.9 Å². The number of carbonyl (C=O) groups is 1. The summed E-state index contributed by atoms with van der Waals surface area (Å²) in [6, 6.07) is 11.3. The first-order valence-electron chi connectivity index (χ1n) is 11.5. The van der Waals surface area contributed by atoms with Crippen LogP contribution in [0.1, 0.15) is 43.8 Å². The van der Waals surface area contributed by atoms with Crippen molar-refractivity contribution in [3.05, 3.63) is 54.2 Å². The fraction of sp³-hybridized carbons (Fsp3) is 0.375. The van der Waals surface area contributed by atoms with Gasteiger partial charge in [-0.25, -0.2) is 8.42 Å². The molecule has 3 aromatic rings. The van der Waals surface area contributed by atoms with Gasteiger partial charge in [-0.1, -0.05) is 11.6 Å². The van der Waals surface area contributed by atoms with Gasteiger partial charge in [0.05, 0.1) is 29.9 Å². The largest absolute Gasteiger partial charge is 0.497 e. The molecule has 1 fully saturated rings. The van der Waals surface area contributed by atoms with Gasteiger partial charge in [-0.15, -0.1) is 0 Å². The highest BCUT2D eigenvalue weighted by Crippen LogP contribution is 2.38. The molecule has 184 valence electrons. The second-order valence-electron chi connectivity index (χ2n) is 8.44. The monoisotopic (exact) mass is 498 g/mol. The summed E-state index contributed by atoms with van der Waals surface area (Å²) in [5.41, 5.74) is 0.855. The molecule has 1 aromatic heterocycles. The summed E-state index contributed by atoms with van der Waals surface area (Å²) in [6.45, 7) is 1.89. The fourth-order valence-corrected chi connectivity index (χ4v) is 5.67. The number of hydrogen-bond donors (Lipinski definition) is 0. The Hall–Kier alpha value is -3.60. The number of sulfonamides is 1. The van der Waals surface area contributed by atoms with Gasteiger partial charge in [-0.2, -0.15) is 4.98 Å². The van der Waals surface area contributed by atoms with Crippen molar-refractivity contribution < 1.29 is 27.2 Å². The topological polar surface area (TPSA) is 115 Å². The third-order valence-corrected chi connectivity index (χ3v) is 8.25. The van der Waals surface area contributed by atoms with Gasteiger partial charge >= 0.3 is 0 Å². The van der Waals surface area contributed by atoms with Crippen molar-refractivity contribution in [3.8, 4) is 11.5 Å². The summed E-state index contributed by atoms with van der Waals surface area (Å²) < 4.78 is 44.6. The predicted molar refractivity (Wildman–Crippen MR) is 127 cm³/mol. The van der Waals surface area contributed by atoms with E-state index in [0.29, 0.717) is 34.6 Å². The lowest BCUT2D eigenvalue weighted by atomic mass is 9.85. The zero-order valence-electron chi connectivity index (χ0n) is 19.5. The summed E-state index contributed by atoms with van der Waals surface area (Å²) in [6.07, 6.45) is 3.18. The standard InChI is InChI=1S/C24H26N4O6S/c1-3-28(17-7-9-18(32-2)10-8-17)35(30,31)19-11-12-21-20(13-19)27(23(29)15-33-21)14-22-25-24(34-26-22)16-5-4-6-16/h7-13,16H,3-6,14-15H2,1-2H3. The molecule has 2 heterocycles. The first-order chi connectivity index (χ1) is 16.9. The zero-order chi connectivity index (χ0) is 24.6. The molecule has 0 bridgehead atoms. The van der Waals surface area contributed by atoms with Crippen LogP contribution in [0, 0.1) is 0 Å². The number of nitrogens with zero attached hydrogens (tertiary/aromatic N) is 4. The molecule has 5 rings (SSSR count). The molecule has 0 radical (unpaired) electrons. The van der Waals surface area contributed by atoms with Crippen molar-refractivity contribution in [2.24, 2.45) is 0 Å². The van der Waals surface area contributed by atoms with Crippen LogP contribution >= 0.6 is 0 Å². The van der Waals surface area contributed by atoms with E-state index in [9.17, 15) is 13.2 Å². The highest BCUT2D eigenvalue weighted by molar-refractivity contribution is 7.92. The molecule has 11 heteroatoms. The Bertz CT molecular complexity index is 1330. The lowest BCUT2D eigenvalue weighted by Crippen LogP contribution is -2.39. The second-order valence-corrected chi connectivity index (χ2v) is 10.3. The summed E-state index contributed by atoms with van der Waals surface area (Å²) in [7, 11) is -2.37. The molecule has 0 spiro atoms. The van der Waals surface area contributed by atoms with E-state index in [-0.39, 0.29) is 36.4 Å². The van der Waals surface area contributed by atoms with Crippen molar-refractivity contribution >= 4 is 27.3 Å². The molecular formula is C24H26N4O6S. The lowest BCUT2D eigenvalue weighted by Gasteiger charge is -2.29. The van der Waals surface area contributed by atoms with Crippen molar-refractivity contribution in [1.29, 1.82) is 0 Å². The van der Waals surface area contributed by atoms with Crippen molar-refractivity contribution in [1.82, 2.24) is 10.1 Å². The third kappa shape index (κ3) is 4.31. The molecule has 0 saturated heterocycles. The number of amides is 1. The average molecular weight is 499 g/mol. The highest BCUT2D eigenvalue weighted by atomic mass is 32.2. The van der Waals surface area contributed by atoms with Gasteiger partial charge in [0.2, 0.25) is 5.89 Å². The Morgan fingerprint density at radius 2 is 1.94 bits per heavy atom. The van der Waals surface area contributed by atoms with Crippen LogP contribution in [-0.2, 0) is 21.4 Å². The molecular weight excluding hydrogens is 472 g/mol. The van der Waals surface area contributed by atoms with Gasteiger partial charge in [0, 0.05) is 12.5 Å². The number of rotatable bonds is 8. The smallest absolute Gasteiger partial charge is 0.265 e. The van der Waals surface area contributed by atoms with E-state index in [1.54, 1.807) is 44.4 Å². The fourth-order valence-electron chi connectivity index (χ4n) is 4.18. The molecule has 1 amide bonds. The van der Waals surface area contributed by atoms with E-state index in [2.05, 4.69) is 10.1 Å². The minimum absolute atomic E-state index is 0.0421. The quantitative estimate of drug-likeness (QED) is 0.464. The molecule has 2 aromatic carbocycles. The first kappa shape index (κ1) is 23.2. The number of methoxy groups -OCH3 is 1.